The minimum atomic E-state index is -3.43. The van der Waals surface area contributed by atoms with Crippen molar-refractivity contribution in [3.8, 4) is 22.6 Å². The van der Waals surface area contributed by atoms with Gasteiger partial charge in [-0.15, -0.1) is 0 Å². The molecule has 2 nitrogen and oxygen atoms in total. The Morgan fingerprint density at radius 3 is 2.11 bits per heavy atom. The first kappa shape index (κ1) is 25.0. The Kier molecular flexibility index (Phi) is 7.33. The lowest BCUT2D eigenvalue weighted by Crippen LogP contribution is -2.18. The summed E-state index contributed by atoms with van der Waals surface area (Å²) in [5, 5.41) is 9.16. The van der Waals surface area contributed by atoms with Crippen LogP contribution in [0, 0.1) is 23.4 Å². The fraction of sp³-hybridized carbons (Fsp3) is 0.357. The molecular weight excluding hydrogens is 463 g/mol. The van der Waals surface area contributed by atoms with Gasteiger partial charge < -0.3 is 9.84 Å². The molecule has 0 amide bonds. The van der Waals surface area contributed by atoms with E-state index >= 15 is 0 Å². The van der Waals surface area contributed by atoms with Gasteiger partial charge in [0.25, 0.3) is 5.92 Å². The predicted molar refractivity (Wildman–Crippen MR) is 124 cm³/mol. The summed E-state index contributed by atoms with van der Waals surface area (Å²) in [7, 11) is 0. The second-order valence-corrected chi connectivity index (χ2v) is 9.31. The SMILES string of the molecule is CC1CCC(c2ccc(-c3ccc(OCCC(F)(F)c4ccc(O)c(F)c4)c(F)c3)cc2F)CC1. The van der Waals surface area contributed by atoms with Crippen molar-refractivity contribution in [2.24, 2.45) is 5.92 Å². The average molecular weight is 491 g/mol. The second-order valence-electron chi connectivity index (χ2n) is 9.31. The third-order valence-electron chi connectivity index (χ3n) is 6.76. The summed E-state index contributed by atoms with van der Waals surface area (Å²) in [6.07, 6.45) is 3.26. The first-order chi connectivity index (χ1) is 16.6. The smallest absolute Gasteiger partial charge is 0.276 e. The molecule has 0 bridgehead atoms. The number of hydrogen-bond acceptors (Lipinski definition) is 2. The summed E-state index contributed by atoms with van der Waals surface area (Å²) in [6, 6.07) is 11.3. The molecule has 0 unspecified atom stereocenters. The summed E-state index contributed by atoms with van der Waals surface area (Å²) < 4.78 is 76.7. The number of aromatic hydroxyl groups is 1. The molecule has 3 aromatic rings. The molecule has 1 aliphatic carbocycles. The average Bonchev–Trinajstić information content (AvgIpc) is 2.82. The number of benzene rings is 3. The van der Waals surface area contributed by atoms with Crippen LogP contribution in [-0.4, -0.2) is 11.7 Å². The lowest BCUT2D eigenvalue weighted by atomic mass is 9.79. The third kappa shape index (κ3) is 5.77. The van der Waals surface area contributed by atoms with E-state index in [9.17, 15) is 22.0 Å². The molecule has 0 atom stereocenters. The van der Waals surface area contributed by atoms with Crippen molar-refractivity contribution < 1.29 is 31.8 Å². The summed E-state index contributed by atoms with van der Waals surface area (Å²) in [4.78, 5) is 0. The molecule has 0 aliphatic heterocycles. The van der Waals surface area contributed by atoms with Gasteiger partial charge in [-0.25, -0.2) is 22.0 Å². The zero-order valence-corrected chi connectivity index (χ0v) is 19.3. The molecule has 0 spiro atoms. The molecule has 35 heavy (non-hydrogen) atoms. The van der Waals surface area contributed by atoms with Crippen LogP contribution in [0.1, 0.15) is 56.1 Å². The Hall–Kier alpha value is -3.09. The van der Waals surface area contributed by atoms with Gasteiger partial charge in [0, 0.05) is 12.0 Å². The van der Waals surface area contributed by atoms with E-state index in [-0.39, 0.29) is 17.5 Å². The van der Waals surface area contributed by atoms with Crippen LogP contribution in [-0.2, 0) is 5.92 Å². The van der Waals surface area contributed by atoms with Gasteiger partial charge in [0.15, 0.2) is 23.1 Å². The molecule has 0 radical (unpaired) electrons. The highest BCUT2D eigenvalue weighted by molar-refractivity contribution is 5.65. The minimum Gasteiger partial charge on any atom is -0.505 e. The van der Waals surface area contributed by atoms with Crippen LogP contribution in [0.2, 0.25) is 0 Å². The van der Waals surface area contributed by atoms with E-state index in [4.69, 9.17) is 9.84 Å². The number of hydrogen-bond donors (Lipinski definition) is 1. The highest BCUT2D eigenvalue weighted by atomic mass is 19.3. The normalized spacial score (nSPS) is 18.5. The summed E-state index contributed by atoms with van der Waals surface area (Å²) in [5.74, 6) is -5.72. The number of ether oxygens (including phenoxy) is 1. The van der Waals surface area contributed by atoms with Crippen molar-refractivity contribution in [3.05, 3.63) is 83.2 Å². The van der Waals surface area contributed by atoms with Crippen molar-refractivity contribution in [1.29, 1.82) is 0 Å². The van der Waals surface area contributed by atoms with E-state index in [0.29, 0.717) is 28.7 Å². The molecular formula is C28H27F5O2. The molecule has 0 heterocycles. The third-order valence-corrected chi connectivity index (χ3v) is 6.76. The van der Waals surface area contributed by atoms with Crippen LogP contribution in [0.5, 0.6) is 11.5 Å². The van der Waals surface area contributed by atoms with Crippen LogP contribution >= 0.6 is 0 Å². The van der Waals surface area contributed by atoms with Gasteiger partial charge in [0.1, 0.15) is 5.82 Å². The Morgan fingerprint density at radius 2 is 1.49 bits per heavy atom. The van der Waals surface area contributed by atoms with E-state index in [2.05, 4.69) is 6.92 Å². The van der Waals surface area contributed by atoms with E-state index in [1.54, 1.807) is 18.2 Å². The van der Waals surface area contributed by atoms with E-state index in [1.165, 1.54) is 18.2 Å². The van der Waals surface area contributed by atoms with Crippen LogP contribution in [0.15, 0.2) is 54.6 Å². The van der Waals surface area contributed by atoms with Gasteiger partial charge in [-0.2, -0.15) is 0 Å². The van der Waals surface area contributed by atoms with Crippen molar-refractivity contribution in [3.63, 3.8) is 0 Å². The number of alkyl halides is 2. The highest BCUT2D eigenvalue weighted by Crippen LogP contribution is 2.38. The van der Waals surface area contributed by atoms with Crippen molar-refractivity contribution in [1.82, 2.24) is 0 Å². The monoisotopic (exact) mass is 490 g/mol. The van der Waals surface area contributed by atoms with Crippen LogP contribution in [0.25, 0.3) is 11.1 Å². The van der Waals surface area contributed by atoms with Gasteiger partial charge in [-0.05, 0) is 77.8 Å². The number of phenols is 1. The quantitative estimate of drug-likeness (QED) is 0.337. The van der Waals surface area contributed by atoms with E-state index in [0.717, 1.165) is 37.8 Å². The standard InChI is InChI=1S/C28H27F5O2/c1-17-2-4-18(5-3-17)22-9-6-19(14-23(22)29)20-7-11-27(25(31)15-20)35-13-12-28(32,33)21-8-10-26(34)24(30)16-21/h6-11,14-18,34H,2-5,12-13H2,1H3. The predicted octanol–water partition coefficient (Wildman–Crippen LogP) is 8.33. The molecule has 3 aromatic carbocycles. The van der Waals surface area contributed by atoms with Crippen LogP contribution in [0.3, 0.4) is 0 Å². The Morgan fingerprint density at radius 1 is 0.829 bits per heavy atom. The molecule has 1 aliphatic rings. The van der Waals surface area contributed by atoms with Gasteiger partial charge in [0.2, 0.25) is 0 Å². The first-order valence-electron chi connectivity index (χ1n) is 11.7. The van der Waals surface area contributed by atoms with Crippen molar-refractivity contribution >= 4 is 0 Å². The van der Waals surface area contributed by atoms with E-state index < -0.39 is 41.9 Å². The van der Waals surface area contributed by atoms with Crippen molar-refractivity contribution in [2.75, 3.05) is 6.61 Å². The van der Waals surface area contributed by atoms with Gasteiger partial charge in [-0.1, -0.05) is 38.0 Å². The molecule has 1 saturated carbocycles. The highest BCUT2D eigenvalue weighted by Gasteiger charge is 2.32. The summed E-state index contributed by atoms with van der Waals surface area (Å²) in [5.41, 5.74) is 1.04. The fourth-order valence-corrected chi connectivity index (χ4v) is 4.57. The Bertz CT molecular complexity index is 1190. The van der Waals surface area contributed by atoms with Gasteiger partial charge in [0.05, 0.1) is 6.61 Å². The number of phenolic OH excluding ortho intramolecular Hbond substituents is 1. The Labute approximate surface area is 201 Å². The molecule has 1 fully saturated rings. The maximum atomic E-state index is 14.8. The minimum absolute atomic E-state index is 0.198. The number of halogens is 5. The van der Waals surface area contributed by atoms with Crippen LogP contribution in [0.4, 0.5) is 22.0 Å². The second kappa shape index (κ2) is 10.3. The topological polar surface area (TPSA) is 29.5 Å². The molecule has 7 heteroatoms. The first-order valence-corrected chi connectivity index (χ1v) is 11.7. The molecule has 186 valence electrons. The van der Waals surface area contributed by atoms with E-state index in [1.807, 2.05) is 0 Å². The molecule has 4 rings (SSSR count). The van der Waals surface area contributed by atoms with Gasteiger partial charge in [-0.3, -0.25) is 0 Å². The number of rotatable bonds is 7. The molecule has 0 saturated heterocycles. The maximum Gasteiger partial charge on any atom is 0.276 e. The lowest BCUT2D eigenvalue weighted by Gasteiger charge is -2.26. The van der Waals surface area contributed by atoms with Gasteiger partial charge >= 0.3 is 0 Å². The zero-order chi connectivity index (χ0) is 25.2. The maximum absolute atomic E-state index is 14.8. The van der Waals surface area contributed by atoms with Crippen molar-refractivity contribution in [2.45, 2.75) is 50.9 Å². The fourth-order valence-electron chi connectivity index (χ4n) is 4.57. The summed E-state index contributed by atoms with van der Waals surface area (Å²) >= 11 is 0. The Balaban J connectivity index is 1.40. The lowest BCUT2D eigenvalue weighted by molar-refractivity contribution is -0.0248. The zero-order valence-electron chi connectivity index (χ0n) is 19.3. The molecule has 1 N–H and O–H groups in total. The van der Waals surface area contributed by atoms with Crippen LogP contribution < -0.4 is 4.74 Å². The summed E-state index contributed by atoms with van der Waals surface area (Å²) in [6.45, 7) is 1.69. The largest absolute Gasteiger partial charge is 0.505 e. The molecule has 0 aromatic heterocycles.